The fourth-order valence-electron chi connectivity index (χ4n) is 3.47. The average Bonchev–Trinajstić information content (AvgIpc) is 2.81. The molecule has 0 bridgehead atoms. The number of ether oxygens (including phenoxy) is 1. The lowest BCUT2D eigenvalue weighted by Gasteiger charge is -2.31. The lowest BCUT2D eigenvalue weighted by Crippen LogP contribution is -3.17. The largest absolute Gasteiger partial charge is 0.462 e. The van der Waals surface area contributed by atoms with E-state index < -0.39 is 0 Å². The molecule has 0 saturated carbocycles. The molecule has 1 saturated heterocycles. The lowest BCUT2D eigenvalue weighted by molar-refractivity contribution is -0.919. The van der Waals surface area contributed by atoms with Crippen molar-refractivity contribution in [3.8, 4) is 0 Å². The van der Waals surface area contributed by atoms with Gasteiger partial charge >= 0.3 is 5.97 Å². The summed E-state index contributed by atoms with van der Waals surface area (Å²) >= 11 is 0. The van der Waals surface area contributed by atoms with Crippen LogP contribution in [0.15, 0.2) is 0 Å². The highest BCUT2D eigenvalue weighted by atomic mass is 16.5. The Balaban J connectivity index is 2.19. The maximum atomic E-state index is 12.9. The topological polar surface area (TPSA) is 63.6 Å². The number of rotatable bonds is 5. The van der Waals surface area contributed by atoms with Crippen LogP contribution in [-0.4, -0.2) is 42.5 Å². The van der Waals surface area contributed by atoms with Crippen molar-refractivity contribution in [1.29, 1.82) is 0 Å². The van der Waals surface area contributed by atoms with E-state index in [0.717, 1.165) is 19.0 Å². The number of carbonyl (C=O) groups is 2. The van der Waals surface area contributed by atoms with E-state index in [0.29, 0.717) is 29.1 Å². The molecule has 0 unspecified atom stereocenters. The number of aromatic amines is 1. The van der Waals surface area contributed by atoms with Crippen LogP contribution < -0.4 is 4.90 Å². The number of quaternary nitrogens is 1. The van der Waals surface area contributed by atoms with Crippen LogP contribution in [0.1, 0.15) is 65.7 Å². The van der Waals surface area contributed by atoms with Crippen LogP contribution in [0, 0.1) is 19.8 Å². The number of H-pyrrole nitrogens is 1. The fourth-order valence-corrected chi connectivity index (χ4v) is 3.47. The Bertz CT molecular complexity index is 583. The van der Waals surface area contributed by atoms with Crippen LogP contribution >= 0.6 is 0 Å². The van der Waals surface area contributed by atoms with Crippen molar-refractivity contribution < 1.29 is 19.2 Å². The molecule has 128 valence electrons. The van der Waals surface area contributed by atoms with Gasteiger partial charge in [-0.3, -0.25) is 4.79 Å². The van der Waals surface area contributed by atoms with Crippen molar-refractivity contribution in [2.75, 3.05) is 19.7 Å². The molecular formula is C18H29N2O3+. The zero-order valence-corrected chi connectivity index (χ0v) is 14.9. The molecule has 1 aliphatic rings. The molecule has 2 heterocycles. The normalized spacial score (nSPS) is 22.7. The Morgan fingerprint density at radius 1 is 1.30 bits per heavy atom. The van der Waals surface area contributed by atoms with E-state index in [2.05, 4.69) is 11.9 Å². The first kappa shape index (κ1) is 17.7. The van der Waals surface area contributed by atoms with Crippen molar-refractivity contribution in [1.82, 2.24) is 4.98 Å². The molecule has 1 aromatic heterocycles. The van der Waals surface area contributed by atoms with Crippen LogP contribution in [-0.2, 0) is 4.74 Å². The van der Waals surface area contributed by atoms with E-state index in [-0.39, 0.29) is 17.8 Å². The maximum absolute atomic E-state index is 12.9. The molecule has 0 aliphatic carbocycles. The number of nitrogens with one attached hydrogen (secondary N) is 2. The number of piperidine rings is 1. The van der Waals surface area contributed by atoms with Crippen molar-refractivity contribution in [2.45, 2.75) is 53.5 Å². The minimum atomic E-state index is -0.357. The van der Waals surface area contributed by atoms with Crippen LogP contribution in [0.3, 0.4) is 0 Å². The van der Waals surface area contributed by atoms with Gasteiger partial charge in [-0.25, -0.2) is 4.79 Å². The number of hydrogen-bond donors (Lipinski definition) is 2. The molecule has 1 aromatic rings. The molecule has 1 aliphatic heterocycles. The standard InChI is InChI=1S/C18H28N2O3/c1-6-23-18(22)15-12(3)16(19-13(15)4)17(21)14(5)20-9-7-11(2)8-10-20/h11,14,19H,6-10H2,1-5H3/p+1/t14-/m0/s1. The van der Waals surface area contributed by atoms with E-state index in [9.17, 15) is 9.59 Å². The third-order valence-corrected chi connectivity index (χ3v) is 5.09. The molecule has 1 atom stereocenters. The van der Waals surface area contributed by atoms with Gasteiger partial charge in [0.15, 0.2) is 0 Å². The van der Waals surface area contributed by atoms with Gasteiger partial charge in [0.2, 0.25) is 5.78 Å². The summed E-state index contributed by atoms with van der Waals surface area (Å²) in [4.78, 5) is 29.4. The van der Waals surface area contributed by atoms with Crippen molar-refractivity contribution >= 4 is 11.8 Å². The average molecular weight is 321 g/mol. The zero-order chi connectivity index (χ0) is 17.1. The first-order chi connectivity index (χ1) is 10.9. The first-order valence-electron chi connectivity index (χ1n) is 8.61. The summed E-state index contributed by atoms with van der Waals surface area (Å²) < 4.78 is 5.10. The van der Waals surface area contributed by atoms with Gasteiger partial charge in [-0.1, -0.05) is 6.92 Å². The summed E-state index contributed by atoms with van der Waals surface area (Å²) in [5.74, 6) is 0.487. The fraction of sp³-hybridized carbons (Fsp3) is 0.667. The molecule has 0 aromatic carbocycles. The summed E-state index contributed by atoms with van der Waals surface area (Å²) in [6.45, 7) is 12.1. The van der Waals surface area contributed by atoms with Gasteiger partial charge in [-0.2, -0.15) is 0 Å². The number of aromatic nitrogens is 1. The molecule has 2 N–H and O–H groups in total. The number of esters is 1. The number of ketones is 1. The van der Waals surface area contributed by atoms with Crippen molar-refractivity contribution in [2.24, 2.45) is 5.92 Å². The molecule has 23 heavy (non-hydrogen) atoms. The second-order valence-corrected chi connectivity index (χ2v) is 6.77. The predicted octanol–water partition coefficient (Wildman–Crippen LogP) is 1.69. The van der Waals surface area contributed by atoms with E-state index in [1.165, 1.54) is 17.7 Å². The van der Waals surface area contributed by atoms with Crippen molar-refractivity contribution in [3.05, 3.63) is 22.5 Å². The molecule has 2 rings (SSSR count). The van der Waals surface area contributed by atoms with Gasteiger partial charge in [0.05, 0.1) is 31.0 Å². The highest BCUT2D eigenvalue weighted by Crippen LogP contribution is 2.20. The van der Waals surface area contributed by atoms with E-state index in [1.807, 2.05) is 20.8 Å². The Kier molecular flexibility index (Phi) is 5.63. The van der Waals surface area contributed by atoms with Crippen LogP contribution in [0.5, 0.6) is 0 Å². The minimum Gasteiger partial charge on any atom is -0.462 e. The summed E-state index contributed by atoms with van der Waals surface area (Å²) in [7, 11) is 0. The lowest BCUT2D eigenvalue weighted by atomic mass is 9.96. The van der Waals surface area contributed by atoms with E-state index in [4.69, 9.17) is 4.74 Å². The highest BCUT2D eigenvalue weighted by Gasteiger charge is 2.32. The molecule has 0 amide bonds. The van der Waals surface area contributed by atoms with Gasteiger partial charge in [-0.05, 0) is 52.0 Å². The van der Waals surface area contributed by atoms with Gasteiger partial charge in [0, 0.05) is 5.69 Å². The van der Waals surface area contributed by atoms with E-state index in [1.54, 1.807) is 6.92 Å². The molecule has 1 fully saturated rings. The van der Waals surface area contributed by atoms with Gasteiger partial charge in [-0.15, -0.1) is 0 Å². The quantitative estimate of drug-likeness (QED) is 0.641. The molecule has 0 spiro atoms. The Labute approximate surface area is 138 Å². The SMILES string of the molecule is CCOC(=O)c1c(C)[nH]c(C(=O)[C@H](C)[NH+]2CCC(C)CC2)c1C. The Hall–Kier alpha value is -1.62. The third-order valence-electron chi connectivity index (χ3n) is 5.09. The van der Waals surface area contributed by atoms with Crippen LogP contribution in [0.25, 0.3) is 0 Å². The molecule has 0 radical (unpaired) electrons. The van der Waals surface area contributed by atoms with Gasteiger partial charge in [0.1, 0.15) is 6.04 Å². The van der Waals surface area contributed by atoms with Crippen LogP contribution in [0.2, 0.25) is 0 Å². The number of likely N-dealkylation sites (tertiary alicyclic amines) is 1. The Morgan fingerprint density at radius 3 is 2.48 bits per heavy atom. The third kappa shape index (κ3) is 3.66. The van der Waals surface area contributed by atoms with Crippen LogP contribution in [0.4, 0.5) is 0 Å². The monoisotopic (exact) mass is 321 g/mol. The molecule has 5 nitrogen and oxygen atoms in total. The second kappa shape index (κ2) is 7.30. The second-order valence-electron chi connectivity index (χ2n) is 6.77. The first-order valence-corrected chi connectivity index (χ1v) is 8.61. The predicted molar refractivity (Wildman–Crippen MR) is 89.1 cm³/mol. The smallest absolute Gasteiger partial charge is 0.340 e. The zero-order valence-electron chi connectivity index (χ0n) is 14.9. The summed E-state index contributed by atoms with van der Waals surface area (Å²) in [5, 5.41) is 0. The van der Waals surface area contributed by atoms with Gasteiger partial charge < -0.3 is 14.6 Å². The highest BCUT2D eigenvalue weighted by molar-refractivity contribution is 6.03. The number of aryl methyl sites for hydroxylation is 1. The summed E-state index contributed by atoms with van der Waals surface area (Å²) in [6.07, 6.45) is 2.34. The summed E-state index contributed by atoms with van der Waals surface area (Å²) in [5.41, 5.74) is 2.48. The van der Waals surface area contributed by atoms with Crippen molar-refractivity contribution in [3.63, 3.8) is 0 Å². The molecular weight excluding hydrogens is 292 g/mol. The number of Topliss-reactive ketones (excluding diaryl/α,β-unsaturated/α-hetero) is 1. The van der Waals surface area contributed by atoms with Gasteiger partial charge in [0.25, 0.3) is 0 Å². The Morgan fingerprint density at radius 2 is 1.91 bits per heavy atom. The number of hydrogen-bond acceptors (Lipinski definition) is 3. The summed E-state index contributed by atoms with van der Waals surface area (Å²) in [6, 6.07) is -0.0886. The van der Waals surface area contributed by atoms with E-state index >= 15 is 0 Å². The maximum Gasteiger partial charge on any atom is 0.340 e. The number of carbonyl (C=O) groups excluding carboxylic acids is 2. The minimum absolute atomic E-state index is 0.0886. The molecule has 5 heteroatoms.